The fourth-order valence-corrected chi connectivity index (χ4v) is 4.08. The SMILES string of the molecule is CC(C)NC(=O)COc1cc(F)cc(C(CO)NC(=O)N2CCc3cc(-c4cn[nH]c4)c(F)cc32)c1. The Morgan fingerprint density at radius 3 is 2.69 bits per heavy atom. The Morgan fingerprint density at radius 1 is 1.19 bits per heavy atom. The number of benzene rings is 2. The predicted molar refractivity (Wildman–Crippen MR) is 129 cm³/mol. The maximum absolute atomic E-state index is 14.8. The van der Waals surface area contributed by atoms with Crippen molar-refractivity contribution in [2.75, 3.05) is 24.7 Å². The lowest BCUT2D eigenvalue weighted by Crippen LogP contribution is -2.42. The van der Waals surface area contributed by atoms with Crippen molar-refractivity contribution in [3.05, 3.63) is 65.5 Å². The summed E-state index contributed by atoms with van der Waals surface area (Å²) in [5, 5.41) is 21.8. The molecule has 0 fully saturated rings. The van der Waals surface area contributed by atoms with Gasteiger partial charge in [-0.05, 0) is 55.7 Å². The molecule has 3 aromatic rings. The molecule has 1 unspecified atom stereocenters. The van der Waals surface area contributed by atoms with E-state index in [0.29, 0.717) is 29.8 Å². The Bertz CT molecular complexity index is 1250. The Labute approximate surface area is 206 Å². The van der Waals surface area contributed by atoms with Crippen LogP contribution in [0.2, 0.25) is 0 Å². The number of anilines is 1. The minimum absolute atomic E-state index is 0.0698. The van der Waals surface area contributed by atoms with Crippen molar-refractivity contribution < 1.29 is 28.2 Å². The highest BCUT2D eigenvalue weighted by Gasteiger charge is 2.28. The second-order valence-electron chi connectivity index (χ2n) is 8.77. The van der Waals surface area contributed by atoms with E-state index in [1.807, 2.05) is 0 Å². The molecule has 0 bridgehead atoms. The first-order chi connectivity index (χ1) is 17.2. The molecule has 0 radical (unpaired) electrons. The lowest BCUT2D eigenvalue weighted by atomic mass is 10.0. The third-order valence-electron chi connectivity index (χ3n) is 5.71. The number of aliphatic hydroxyl groups excluding tert-OH is 1. The molecule has 1 aliphatic heterocycles. The van der Waals surface area contributed by atoms with E-state index in [4.69, 9.17) is 4.74 Å². The van der Waals surface area contributed by atoms with E-state index in [1.54, 1.807) is 26.1 Å². The number of halogens is 2. The number of ether oxygens (including phenoxy) is 1. The molecular weight excluding hydrogens is 472 g/mol. The summed E-state index contributed by atoms with van der Waals surface area (Å²) < 4.78 is 34.4. The third-order valence-corrected chi connectivity index (χ3v) is 5.71. The molecule has 9 nitrogen and oxygen atoms in total. The van der Waals surface area contributed by atoms with E-state index in [-0.39, 0.29) is 29.9 Å². The number of aromatic amines is 1. The van der Waals surface area contributed by atoms with Crippen LogP contribution in [0.4, 0.5) is 19.3 Å². The first-order valence-corrected chi connectivity index (χ1v) is 11.5. The fourth-order valence-electron chi connectivity index (χ4n) is 4.08. The molecule has 2 heterocycles. The zero-order valence-corrected chi connectivity index (χ0v) is 19.8. The number of hydrogen-bond acceptors (Lipinski definition) is 5. The summed E-state index contributed by atoms with van der Waals surface area (Å²) >= 11 is 0. The summed E-state index contributed by atoms with van der Waals surface area (Å²) in [5.41, 5.74) is 2.46. The zero-order chi connectivity index (χ0) is 25.8. The lowest BCUT2D eigenvalue weighted by Gasteiger charge is -2.23. The van der Waals surface area contributed by atoms with Gasteiger partial charge in [-0.25, -0.2) is 13.6 Å². The number of aromatic nitrogens is 2. The molecular formula is C25H27F2N5O4. The molecule has 2 aromatic carbocycles. The average Bonchev–Trinajstić information content (AvgIpc) is 3.50. The number of nitrogens with one attached hydrogen (secondary N) is 3. The van der Waals surface area contributed by atoms with Gasteiger partial charge >= 0.3 is 6.03 Å². The van der Waals surface area contributed by atoms with Gasteiger partial charge in [0.15, 0.2) is 6.61 Å². The number of nitrogens with zero attached hydrogens (tertiary/aromatic N) is 2. The van der Waals surface area contributed by atoms with Crippen LogP contribution in [0.1, 0.15) is 31.0 Å². The number of hydrogen-bond donors (Lipinski definition) is 4. The first kappa shape index (κ1) is 25.1. The summed E-state index contributed by atoms with van der Waals surface area (Å²) in [6.45, 7) is 3.09. The van der Waals surface area contributed by atoms with Gasteiger partial charge in [0.05, 0.1) is 24.5 Å². The summed E-state index contributed by atoms with van der Waals surface area (Å²) in [6, 6.07) is 5.12. The van der Waals surface area contributed by atoms with E-state index >= 15 is 0 Å². The zero-order valence-electron chi connectivity index (χ0n) is 19.8. The minimum atomic E-state index is -0.959. The molecule has 3 amide bonds. The highest BCUT2D eigenvalue weighted by Crippen LogP contribution is 2.34. The average molecular weight is 500 g/mol. The maximum atomic E-state index is 14.8. The maximum Gasteiger partial charge on any atom is 0.322 e. The number of H-pyrrole nitrogens is 1. The summed E-state index contributed by atoms with van der Waals surface area (Å²) in [5.74, 6) is -1.43. The molecule has 4 rings (SSSR count). The molecule has 0 spiro atoms. The fraction of sp³-hybridized carbons (Fsp3) is 0.320. The monoisotopic (exact) mass is 499 g/mol. The van der Waals surface area contributed by atoms with Gasteiger partial charge in [0.25, 0.3) is 5.91 Å². The highest BCUT2D eigenvalue weighted by atomic mass is 19.1. The van der Waals surface area contributed by atoms with Crippen molar-refractivity contribution in [2.24, 2.45) is 0 Å². The highest BCUT2D eigenvalue weighted by molar-refractivity contribution is 5.95. The number of fused-ring (bicyclic) bond motifs is 1. The van der Waals surface area contributed by atoms with E-state index in [9.17, 15) is 23.5 Å². The number of carbonyl (C=O) groups excluding carboxylic acids is 2. The van der Waals surface area contributed by atoms with Gasteiger partial charge in [0.1, 0.15) is 17.4 Å². The van der Waals surface area contributed by atoms with Gasteiger partial charge in [0, 0.05) is 36.0 Å². The van der Waals surface area contributed by atoms with Crippen molar-refractivity contribution in [2.45, 2.75) is 32.4 Å². The van der Waals surface area contributed by atoms with Gasteiger partial charge in [-0.3, -0.25) is 14.8 Å². The van der Waals surface area contributed by atoms with Crippen LogP contribution in [0, 0.1) is 11.6 Å². The van der Waals surface area contributed by atoms with Gasteiger partial charge in [0.2, 0.25) is 0 Å². The largest absolute Gasteiger partial charge is 0.484 e. The van der Waals surface area contributed by atoms with Crippen LogP contribution in [-0.2, 0) is 11.2 Å². The van der Waals surface area contributed by atoms with Crippen LogP contribution in [0.5, 0.6) is 5.75 Å². The number of amides is 3. The molecule has 1 aliphatic rings. The van der Waals surface area contributed by atoms with Crippen LogP contribution in [0.3, 0.4) is 0 Å². The normalized spacial score (nSPS) is 13.4. The second-order valence-corrected chi connectivity index (χ2v) is 8.77. The van der Waals surface area contributed by atoms with Crippen molar-refractivity contribution in [1.82, 2.24) is 20.8 Å². The van der Waals surface area contributed by atoms with Crippen molar-refractivity contribution in [3.8, 4) is 16.9 Å². The van der Waals surface area contributed by atoms with Crippen molar-refractivity contribution >= 4 is 17.6 Å². The molecule has 36 heavy (non-hydrogen) atoms. The Hall–Kier alpha value is -3.99. The number of carbonyl (C=O) groups is 2. The molecule has 1 atom stereocenters. The van der Waals surface area contributed by atoms with E-state index in [0.717, 1.165) is 17.7 Å². The van der Waals surface area contributed by atoms with Crippen molar-refractivity contribution in [1.29, 1.82) is 0 Å². The first-order valence-electron chi connectivity index (χ1n) is 11.5. The summed E-state index contributed by atoms with van der Waals surface area (Å²) in [4.78, 5) is 26.3. The topological polar surface area (TPSA) is 120 Å². The lowest BCUT2D eigenvalue weighted by molar-refractivity contribution is -0.123. The Kier molecular flexibility index (Phi) is 7.49. The molecule has 4 N–H and O–H groups in total. The van der Waals surface area contributed by atoms with E-state index < -0.39 is 30.3 Å². The molecule has 190 valence electrons. The van der Waals surface area contributed by atoms with Gasteiger partial charge in [-0.2, -0.15) is 5.10 Å². The van der Waals surface area contributed by atoms with Crippen LogP contribution in [-0.4, -0.2) is 53.0 Å². The van der Waals surface area contributed by atoms with Crippen molar-refractivity contribution in [3.63, 3.8) is 0 Å². The van der Waals surface area contributed by atoms with Gasteiger partial charge < -0.3 is 20.5 Å². The molecule has 11 heteroatoms. The summed E-state index contributed by atoms with van der Waals surface area (Å²) in [6.07, 6.45) is 3.63. The minimum Gasteiger partial charge on any atom is -0.484 e. The third kappa shape index (κ3) is 5.62. The van der Waals surface area contributed by atoms with E-state index in [2.05, 4.69) is 20.8 Å². The van der Waals surface area contributed by atoms with Crippen LogP contribution in [0.15, 0.2) is 42.7 Å². The molecule has 0 aliphatic carbocycles. The summed E-state index contributed by atoms with van der Waals surface area (Å²) in [7, 11) is 0. The Balaban J connectivity index is 1.48. The van der Waals surface area contributed by atoms with Crippen LogP contribution < -0.4 is 20.3 Å². The van der Waals surface area contributed by atoms with Crippen LogP contribution >= 0.6 is 0 Å². The van der Waals surface area contributed by atoms with E-state index in [1.165, 1.54) is 23.2 Å². The van der Waals surface area contributed by atoms with Gasteiger partial charge in [-0.1, -0.05) is 0 Å². The second kappa shape index (κ2) is 10.7. The van der Waals surface area contributed by atoms with Gasteiger partial charge in [-0.15, -0.1) is 0 Å². The number of rotatable bonds is 8. The molecule has 0 saturated heterocycles. The smallest absolute Gasteiger partial charge is 0.322 e. The quantitative estimate of drug-likeness (QED) is 0.380. The molecule has 0 saturated carbocycles. The molecule has 1 aromatic heterocycles. The number of urea groups is 1. The predicted octanol–water partition coefficient (Wildman–Crippen LogP) is 3.06. The van der Waals surface area contributed by atoms with Crippen LogP contribution in [0.25, 0.3) is 11.1 Å². The Morgan fingerprint density at radius 2 is 2.00 bits per heavy atom. The number of aliphatic hydroxyl groups is 1. The standard InChI is InChI=1S/C25H27F2N5O4/c1-14(2)30-24(34)13-36-19-6-16(5-18(26)8-19)22(12-33)31-25(35)32-4-3-15-7-20(17-10-28-29-11-17)21(27)9-23(15)32/h5-11,14,22,33H,3-4,12-13H2,1-2H3,(H,28,29)(H,30,34)(H,31,35).